The third-order valence-electron chi connectivity index (χ3n) is 6.89. The molecule has 6 rings (SSSR count). The summed E-state index contributed by atoms with van der Waals surface area (Å²) in [4.78, 5) is 3.84. The predicted octanol–water partition coefficient (Wildman–Crippen LogP) is 5.79. The summed E-state index contributed by atoms with van der Waals surface area (Å²) in [5.74, 6) is 0. The maximum atomic E-state index is 2.48. The molecule has 2 heterocycles. The van der Waals surface area contributed by atoms with Gasteiger partial charge in [0.2, 0.25) is 5.52 Å². The van der Waals surface area contributed by atoms with Crippen LogP contribution in [0.4, 0.5) is 5.69 Å². The number of thiazole rings is 1. The van der Waals surface area contributed by atoms with Gasteiger partial charge >= 0.3 is 0 Å². The summed E-state index contributed by atoms with van der Waals surface area (Å²) in [6.07, 6.45) is 5.81. The van der Waals surface area contributed by atoms with E-state index in [-0.39, 0.29) is 17.0 Å². The van der Waals surface area contributed by atoms with Crippen LogP contribution in [0.5, 0.6) is 0 Å². The molecule has 0 N–H and O–H groups in total. The average Bonchev–Trinajstić information content (AvgIpc) is 3.45. The van der Waals surface area contributed by atoms with Crippen molar-refractivity contribution in [3.8, 4) is 0 Å². The van der Waals surface area contributed by atoms with Gasteiger partial charge in [0.05, 0.1) is 16.1 Å². The van der Waals surface area contributed by atoms with Crippen LogP contribution in [0.25, 0.3) is 37.8 Å². The molecule has 0 unspecified atom stereocenters. The first-order valence-electron chi connectivity index (χ1n) is 12.4. The summed E-state index contributed by atoms with van der Waals surface area (Å²) in [6.45, 7) is 8.69. The van der Waals surface area contributed by atoms with Crippen LogP contribution >= 0.6 is 23.1 Å². The van der Waals surface area contributed by atoms with E-state index in [0.29, 0.717) is 0 Å². The summed E-state index contributed by atoms with van der Waals surface area (Å²) in [7, 11) is 0. The molecule has 36 heavy (non-hydrogen) atoms. The molecule has 5 aromatic rings. The van der Waals surface area contributed by atoms with Gasteiger partial charge in [0.1, 0.15) is 11.2 Å². The number of rotatable bonds is 5. The first kappa shape index (κ1) is 25.1. The van der Waals surface area contributed by atoms with Gasteiger partial charge in [-0.15, -0.1) is 0 Å². The molecule has 0 radical (unpaired) electrons. The van der Waals surface area contributed by atoms with E-state index in [1.165, 1.54) is 58.0 Å². The van der Waals surface area contributed by atoms with E-state index in [2.05, 4.69) is 115 Å². The van der Waals surface area contributed by atoms with Crippen LogP contribution in [0.1, 0.15) is 32.2 Å². The highest BCUT2D eigenvalue weighted by atomic mass is 79.9. The molecular weight excluding hydrogens is 544 g/mol. The molecular formula is C31H29BrN2S2. The van der Waals surface area contributed by atoms with Crippen molar-refractivity contribution >= 4 is 66.6 Å². The molecule has 182 valence electrons. The number of thioether (sulfide) groups is 1. The number of hydrogen-bond acceptors (Lipinski definition) is 3. The lowest BCUT2D eigenvalue weighted by Crippen LogP contribution is -3.00. The van der Waals surface area contributed by atoms with Crippen LogP contribution in [0.3, 0.4) is 0 Å². The molecule has 0 spiro atoms. The quantitative estimate of drug-likeness (QED) is 0.246. The summed E-state index contributed by atoms with van der Waals surface area (Å²) in [5.41, 5.74) is 4.07. The first-order valence-corrected chi connectivity index (χ1v) is 14.1. The maximum Gasteiger partial charge on any atom is 0.263 e. The second-order valence-electron chi connectivity index (χ2n) is 8.85. The largest absolute Gasteiger partial charge is 1.00 e. The third kappa shape index (κ3) is 4.17. The van der Waals surface area contributed by atoms with E-state index >= 15 is 0 Å². The van der Waals surface area contributed by atoms with Crippen LogP contribution in [0.15, 0.2) is 94.4 Å². The predicted molar refractivity (Wildman–Crippen MR) is 154 cm³/mol. The molecule has 4 aromatic carbocycles. The molecule has 0 aliphatic carbocycles. The zero-order valence-corrected chi connectivity index (χ0v) is 24.0. The number of allylic oxidation sites excluding steroid dienone is 2. The Morgan fingerprint density at radius 3 is 2.28 bits per heavy atom. The molecule has 2 nitrogen and oxygen atoms in total. The zero-order chi connectivity index (χ0) is 23.9. The normalized spacial score (nSPS) is 14.7. The Balaban J connectivity index is 0.00000267. The van der Waals surface area contributed by atoms with Crippen molar-refractivity contribution < 1.29 is 21.5 Å². The number of anilines is 1. The second-order valence-corrected chi connectivity index (χ2v) is 11.0. The fraction of sp³-hybridized carbons (Fsp3) is 0.194. The highest BCUT2D eigenvalue weighted by Gasteiger charge is 2.26. The van der Waals surface area contributed by atoms with Gasteiger partial charge < -0.3 is 21.9 Å². The van der Waals surface area contributed by atoms with Crippen molar-refractivity contribution in [3.63, 3.8) is 0 Å². The Morgan fingerprint density at radius 1 is 0.861 bits per heavy atom. The Morgan fingerprint density at radius 2 is 1.56 bits per heavy atom. The Hall–Kier alpha value is -2.60. The monoisotopic (exact) mass is 572 g/mol. The molecule has 0 atom stereocenters. The smallest absolute Gasteiger partial charge is 0.263 e. The molecule has 0 amide bonds. The second kappa shape index (κ2) is 10.4. The van der Waals surface area contributed by atoms with Crippen molar-refractivity contribution in [1.29, 1.82) is 0 Å². The van der Waals surface area contributed by atoms with Crippen molar-refractivity contribution in [2.45, 2.75) is 38.6 Å². The van der Waals surface area contributed by atoms with Crippen molar-refractivity contribution in [2.24, 2.45) is 0 Å². The minimum atomic E-state index is 0. The lowest BCUT2D eigenvalue weighted by Gasteiger charge is -2.20. The Bertz CT molecular complexity index is 1650. The van der Waals surface area contributed by atoms with Gasteiger partial charge in [-0.1, -0.05) is 84.6 Å². The molecule has 0 bridgehead atoms. The van der Waals surface area contributed by atoms with Crippen LogP contribution in [-0.4, -0.2) is 6.54 Å². The van der Waals surface area contributed by atoms with Gasteiger partial charge in [0, 0.05) is 22.9 Å². The topological polar surface area (TPSA) is 7.12 Å². The fourth-order valence-corrected chi connectivity index (χ4v) is 7.59. The van der Waals surface area contributed by atoms with E-state index in [9.17, 15) is 0 Å². The van der Waals surface area contributed by atoms with Crippen molar-refractivity contribution in [3.05, 3.63) is 94.5 Å². The van der Waals surface area contributed by atoms with Gasteiger partial charge in [-0.3, -0.25) is 0 Å². The van der Waals surface area contributed by atoms with Crippen molar-refractivity contribution in [1.82, 2.24) is 0 Å². The maximum absolute atomic E-state index is 2.48. The average molecular weight is 574 g/mol. The number of aryl methyl sites for hydroxylation is 1. The van der Waals surface area contributed by atoms with Gasteiger partial charge in [0.15, 0.2) is 0 Å². The molecule has 5 heteroatoms. The highest BCUT2D eigenvalue weighted by molar-refractivity contribution is 8.03. The van der Waals surface area contributed by atoms with E-state index in [4.69, 9.17) is 0 Å². The lowest BCUT2D eigenvalue weighted by molar-refractivity contribution is -0.664. The van der Waals surface area contributed by atoms with E-state index < -0.39 is 0 Å². The molecule has 1 aromatic heterocycles. The van der Waals surface area contributed by atoms with Gasteiger partial charge in [-0.2, -0.15) is 4.57 Å². The number of nitrogens with zero attached hydrogens (tertiary/aromatic N) is 2. The van der Waals surface area contributed by atoms with Crippen LogP contribution in [0.2, 0.25) is 0 Å². The minimum absolute atomic E-state index is 0. The summed E-state index contributed by atoms with van der Waals surface area (Å²) in [5, 5.41) is 7.93. The third-order valence-corrected chi connectivity index (χ3v) is 9.08. The Kier molecular flexibility index (Phi) is 7.25. The van der Waals surface area contributed by atoms with E-state index in [1.54, 1.807) is 0 Å². The van der Waals surface area contributed by atoms with Gasteiger partial charge in [0.25, 0.3) is 5.01 Å². The molecule has 0 fully saturated rings. The number of hydrogen-bond donors (Lipinski definition) is 0. The molecule has 0 saturated carbocycles. The van der Waals surface area contributed by atoms with Crippen LogP contribution in [0, 0.1) is 0 Å². The Labute approximate surface area is 231 Å². The van der Waals surface area contributed by atoms with E-state index in [0.717, 1.165) is 19.5 Å². The molecule has 0 saturated heterocycles. The standard InChI is InChI=1S/C31H29N2S2.BrH/c1-4-21(19-28-32(5-2)30-24-13-9-7-11-22(24)15-17-26(30)34-28)20-29-33(6-3)31-25-14-10-8-12-23(25)16-18-27(31)35-29;/h7-20H,4-6H2,1-3H3;1H/q+1;/p-1. The van der Waals surface area contributed by atoms with Gasteiger partial charge in [-0.05, 0) is 60.9 Å². The molecule has 1 aliphatic heterocycles. The number of benzene rings is 4. The van der Waals surface area contributed by atoms with E-state index in [1.807, 2.05) is 23.1 Å². The fourth-order valence-electron chi connectivity index (χ4n) is 5.15. The first-order chi connectivity index (χ1) is 17.2. The SMILES string of the molecule is CCC(=Cc1sc2ccc3ccccc3c2[n+]1CC)C=C1Sc2ccc3ccccc3c2N1CC.[Br-]. The number of aromatic nitrogens is 1. The number of halogens is 1. The minimum Gasteiger partial charge on any atom is -1.00 e. The summed E-state index contributed by atoms with van der Waals surface area (Å²) >= 11 is 3.80. The van der Waals surface area contributed by atoms with Gasteiger partial charge in [-0.25, -0.2) is 0 Å². The summed E-state index contributed by atoms with van der Waals surface area (Å²) < 4.78 is 3.84. The molecule has 1 aliphatic rings. The summed E-state index contributed by atoms with van der Waals surface area (Å²) in [6, 6.07) is 26.5. The zero-order valence-electron chi connectivity index (χ0n) is 20.8. The highest BCUT2D eigenvalue weighted by Crippen LogP contribution is 2.49. The number of fused-ring (bicyclic) bond motifs is 6. The van der Waals surface area contributed by atoms with Crippen molar-refractivity contribution in [2.75, 3.05) is 11.4 Å². The van der Waals surface area contributed by atoms with Crippen LogP contribution < -0.4 is 26.4 Å². The lowest BCUT2D eigenvalue weighted by atomic mass is 10.1. The van der Waals surface area contributed by atoms with Crippen LogP contribution in [-0.2, 0) is 6.54 Å².